The van der Waals surface area contributed by atoms with Crippen LogP contribution in [0.15, 0.2) is 18.2 Å². The molecule has 2 aliphatic rings. The van der Waals surface area contributed by atoms with E-state index in [0.29, 0.717) is 21.9 Å². The molecule has 0 saturated carbocycles. The smallest absolute Gasteiger partial charge is 0.418 e. The van der Waals surface area contributed by atoms with Gasteiger partial charge in [-0.3, -0.25) is 4.55 Å². The highest BCUT2D eigenvalue weighted by molar-refractivity contribution is 7.80. The Labute approximate surface area is 155 Å². The van der Waals surface area contributed by atoms with E-state index in [-0.39, 0.29) is 26.3 Å². The molecule has 2 aliphatic heterocycles. The van der Waals surface area contributed by atoms with Gasteiger partial charge in [0.1, 0.15) is 18.4 Å². The van der Waals surface area contributed by atoms with Gasteiger partial charge in [0.2, 0.25) is 0 Å². The van der Waals surface area contributed by atoms with E-state index in [1.54, 1.807) is 25.1 Å². The van der Waals surface area contributed by atoms with Crippen LogP contribution in [0.2, 0.25) is 0 Å². The van der Waals surface area contributed by atoms with Crippen molar-refractivity contribution in [3.8, 4) is 5.75 Å². The summed E-state index contributed by atoms with van der Waals surface area (Å²) in [5, 5.41) is 0.528. The Morgan fingerprint density at radius 1 is 1.37 bits per heavy atom. The normalized spacial score (nSPS) is 21.2. The number of nitrogens with two attached hydrogens (primary N) is 1. The second-order valence-electron chi connectivity index (χ2n) is 5.86. The van der Waals surface area contributed by atoms with Gasteiger partial charge in [-0.05, 0) is 30.2 Å². The fraction of sp³-hybridized carbons (Fsp3) is 0.467. The summed E-state index contributed by atoms with van der Waals surface area (Å²) in [5.74, 6) is -0.226. The molecule has 12 heteroatoms. The molecular formula is C15H19N3O8S. The number of benzene rings is 1. The molecule has 148 valence electrons. The molecule has 2 unspecified atom stereocenters. The summed E-state index contributed by atoms with van der Waals surface area (Å²) in [5.41, 5.74) is 6.33. The van der Waals surface area contributed by atoms with Gasteiger partial charge in [0.25, 0.3) is 0 Å². The number of carbonyl (C=O) groups excluding carboxylic acids is 2. The molecule has 0 radical (unpaired) electrons. The molecular weight excluding hydrogens is 382 g/mol. The quantitative estimate of drug-likeness (QED) is 0.481. The highest BCUT2D eigenvalue weighted by atomic mass is 32.3. The van der Waals surface area contributed by atoms with E-state index in [2.05, 4.69) is 4.28 Å². The minimum atomic E-state index is -4.94. The average Bonchev–Trinajstić information content (AvgIpc) is 2.86. The lowest BCUT2D eigenvalue weighted by molar-refractivity contribution is -0.148. The Morgan fingerprint density at radius 2 is 2.11 bits per heavy atom. The molecule has 2 heterocycles. The molecule has 0 aliphatic carbocycles. The van der Waals surface area contributed by atoms with Crippen LogP contribution in [0.1, 0.15) is 30.1 Å². The standard InChI is InChI=1S/C15H19N3O8S/c1-2-24-14(19)13-10-4-3-9(25-6-5-16)7-11(10)12-8-17(13)15(20)18(12)26-27(21,22)23/h3-4,7,12-13H,2,5-6,8,16H2,1H3,(H,21,22,23). The summed E-state index contributed by atoms with van der Waals surface area (Å²) in [6.07, 6.45) is 0. The predicted octanol–water partition coefficient (Wildman–Crippen LogP) is 0.155. The number of hydrogen-bond acceptors (Lipinski definition) is 8. The fourth-order valence-corrected chi connectivity index (χ4v) is 3.60. The zero-order chi connectivity index (χ0) is 19.8. The highest BCUT2D eigenvalue weighted by Gasteiger charge is 2.52. The topological polar surface area (TPSA) is 149 Å². The number of fused-ring (bicyclic) bond motifs is 4. The molecule has 1 fully saturated rings. The number of hydrogen-bond donors (Lipinski definition) is 2. The first-order valence-corrected chi connectivity index (χ1v) is 9.53. The Balaban J connectivity index is 2.06. The van der Waals surface area contributed by atoms with E-state index in [1.807, 2.05) is 0 Å². The Bertz CT molecular complexity index is 859. The number of urea groups is 1. The minimum absolute atomic E-state index is 0.0226. The Morgan fingerprint density at radius 3 is 2.74 bits per heavy atom. The van der Waals surface area contributed by atoms with Crippen molar-refractivity contribution in [2.75, 3.05) is 26.3 Å². The van der Waals surface area contributed by atoms with E-state index in [4.69, 9.17) is 19.8 Å². The number of amides is 2. The van der Waals surface area contributed by atoms with Crippen molar-refractivity contribution in [1.82, 2.24) is 9.96 Å². The maximum atomic E-state index is 12.6. The lowest BCUT2D eigenvalue weighted by Gasteiger charge is -2.31. The molecule has 0 aromatic heterocycles. The Kier molecular flexibility index (Phi) is 5.24. The zero-order valence-electron chi connectivity index (χ0n) is 14.4. The molecule has 11 nitrogen and oxygen atoms in total. The van der Waals surface area contributed by atoms with Crippen LogP contribution in [0.4, 0.5) is 4.79 Å². The van der Waals surface area contributed by atoms with Gasteiger partial charge >= 0.3 is 22.4 Å². The number of ether oxygens (including phenoxy) is 2. The van der Waals surface area contributed by atoms with Crippen LogP contribution in [-0.4, -0.2) is 61.2 Å². The van der Waals surface area contributed by atoms with Crippen molar-refractivity contribution in [3.63, 3.8) is 0 Å². The van der Waals surface area contributed by atoms with Crippen molar-refractivity contribution in [3.05, 3.63) is 29.3 Å². The monoisotopic (exact) mass is 401 g/mol. The molecule has 2 bridgehead atoms. The molecule has 2 atom stereocenters. The summed E-state index contributed by atoms with van der Waals surface area (Å²) in [4.78, 5) is 26.2. The van der Waals surface area contributed by atoms with Crippen molar-refractivity contribution < 1.29 is 36.3 Å². The number of hydroxylamine groups is 2. The third-order valence-electron chi connectivity index (χ3n) is 4.18. The molecule has 1 aromatic carbocycles. The second-order valence-corrected chi connectivity index (χ2v) is 6.87. The highest BCUT2D eigenvalue weighted by Crippen LogP contribution is 2.45. The van der Waals surface area contributed by atoms with Crippen LogP contribution in [0.5, 0.6) is 5.75 Å². The maximum absolute atomic E-state index is 12.6. The van der Waals surface area contributed by atoms with Gasteiger partial charge in [-0.1, -0.05) is 6.07 Å². The Hall–Kier alpha value is -2.41. The SMILES string of the molecule is CCOC(=O)C1c2ccc(OCCN)cc2C2CN1C(=O)N2OS(=O)(=O)O. The molecule has 1 aromatic rings. The van der Waals surface area contributed by atoms with Gasteiger partial charge < -0.3 is 20.1 Å². The van der Waals surface area contributed by atoms with Crippen LogP contribution in [-0.2, 0) is 24.2 Å². The number of esters is 1. The molecule has 2 amide bonds. The van der Waals surface area contributed by atoms with Crippen molar-refractivity contribution in [1.29, 1.82) is 0 Å². The van der Waals surface area contributed by atoms with Gasteiger partial charge in [-0.2, -0.15) is 13.5 Å². The van der Waals surface area contributed by atoms with Crippen LogP contribution < -0.4 is 10.5 Å². The molecule has 3 N–H and O–H groups in total. The lowest BCUT2D eigenvalue weighted by Crippen LogP contribution is -2.39. The lowest BCUT2D eigenvalue weighted by atomic mass is 9.91. The largest absolute Gasteiger partial charge is 0.492 e. The molecule has 1 saturated heterocycles. The fourth-order valence-electron chi connectivity index (χ4n) is 3.22. The van der Waals surface area contributed by atoms with Crippen molar-refractivity contribution in [2.24, 2.45) is 5.73 Å². The summed E-state index contributed by atoms with van der Waals surface area (Å²) in [6, 6.07) is 2.00. The van der Waals surface area contributed by atoms with Crippen LogP contribution in [0.25, 0.3) is 0 Å². The van der Waals surface area contributed by atoms with Gasteiger partial charge in [-0.15, -0.1) is 4.28 Å². The summed E-state index contributed by atoms with van der Waals surface area (Å²) >= 11 is 0. The zero-order valence-corrected chi connectivity index (χ0v) is 15.2. The summed E-state index contributed by atoms with van der Waals surface area (Å²) in [6.45, 7) is 2.26. The van der Waals surface area contributed by atoms with Gasteiger partial charge in [0.15, 0.2) is 6.04 Å². The van der Waals surface area contributed by atoms with Gasteiger partial charge in [-0.25, -0.2) is 9.59 Å². The summed E-state index contributed by atoms with van der Waals surface area (Å²) in [7, 11) is -4.94. The third kappa shape index (κ3) is 3.69. The van der Waals surface area contributed by atoms with E-state index in [9.17, 15) is 18.0 Å². The first-order chi connectivity index (χ1) is 12.8. The minimum Gasteiger partial charge on any atom is -0.492 e. The number of nitrogens with zero attached hydrogens (tertiary/aromatic N) is 2. The molecule has 27 heavy (non-hydrogen) atoms. The summed E-state index contributed by atoms with van der Waals surface area (Å²) < 4.78 is 46.3. The second kappa shape index (κ2) is 7.31. The third-order valence-corrected chi connectivity index (χ3v) is 4.53. The van der Waals surface area contributed by atoms with Crippen LogP contribution in [0, 0.1) is 0 Å². The first kappa shape index (κ1) is 19.4. The van der Waals surface area contributed by atoms with E-state index >= 15 is 0 Å². The number of rotatable bonds is 7. The molecule has 3 rings (SSSR count). The van der Waals surface area contributed by atoms with E-state index in [1.165, 1.54) is 0 Å². The maximum Gasteiger partial charge on any atom is 0.418 e. The van der Waals surface area contributed by atoms with Crippen molar-refractivity contribution >= 4 is 22.4 Å². The van der Waals surface area contributed by atoms with Gasteiger partial charge in [0.05, 0.1) is 13.2 Å². The van der Waals surface area contributed by atoms with Gasteiger partial charge in [0, 0.05) is 6.54 Å². The number of carbonyl (C=O) groups is 2. The average molecular weight is 401 g/mol. The van der Waals surface area contributed by atoms with E-state index in [0.717, 1.165) is 4.90 Å². The van der Waals surface area contributed by atoms with Crippen molar-refractivity contribution in [2.45, 2.75) is 19.0 Å². The van der Waals surface area contributed by atoms with Crippen LogP contribution in [0.3, 0.4) is 0 Å². The van der Waals surface area contributed by atoms with Crippen LogP contribution >= 0.6 is 0 Å². The van der Waals surface area contributed by atoms with E-state index < -0.39 is 34.5 Å². The molecule has 0 spiro atoms. The predicted molar refractivity (Wildman–Crippen MR) is 89.7 cm³/mol. The first-order valence-electron chi connectivity index (χ1n) is 8.17.